The van der Waals surface area contributed by atoms with Gasteiger partial charge in [-0.05, 0) is 0 Å². The maximum Gasteiger partial charge on any atom is 0.416 e. The standard InChI is InChI=1S/C7H6F3N/c1-11-4-2-6(3-5-11)7(8,9)10/h2-5H,1H2/q+1. The summed E-state index contributed by atoms with van der Waals surface area (Å²) in [6.07, 6.45) is -1.75. The molecular weight excluding hydrogens is 155 g/mol. The molecule has 0 aliphatic rings. The lowest BCUT2D eigenvalue weighted by Crippen LogP contribution is -2.24. The third-order valence-corrected chi connectivity index (χ3v) is 1.22. The van der Waals surface area contributed by atoms with Gasteiger partial charge < -0.3 is 0 Å². The lowest BCUT2D eigenvalue weighted by atomic mass is 10.3. The molecule has 0 saturated carbocycles. The van der Waals surface area contributed by atoms with E-state index in [0.717, 1.165) is 12.1 Å². The third kappa shape index (κ3) is 1.93. The Morgan fingerprint density at radius 3 is 2.00 bits per heavy atom. The highest BCUT2D eigenvalue weighted by Crippen LogP contribution is 2.27. The van der Waals surface area contributed by atoms with E-state index in [0.29, 0.717) is 0 Å². The van der Waals surface area contributed by atoms with Crippen LogP contribution >= 0.6 is 0 Å². The molecule has 4 heteroatoms. The van der Waals surface area contributed by atoms with E-state index in [2.05, 4.69) is 7.05 Å². The van der Waals surface area contributed by atoms with Crippen molar-refractivity contribution in [2.45, 2.75) is 6.18 Å². The molecule has 0 N–H and O–H groups in total. The van der Waals surface area contributed by atoms with Gasteiger partial charge in [-0.3, -0.25) is 0 Å². The molecule has 1 rings (SSSR count). The molecule has 0 atom stereocenters. The molecule has 1 heterocycles. The Morgan fingerprint density at radius 2 is 1.64 bits per heavy atom. The number of pyridine rings is 1. The lowest BCUT2D eigenvalue weighted by molar-refractivity contribution is -0.612. The van der Waals surface area contributed by atoms with E-state index >= 15 is 0 Å². The predicted molar refractivity (Wildman–Crippen MR) is 32.4 cm³/mol. The van der Waals surface area contributed by atoms with Crippen molar-refractivity contribution < 1.29 is 17.7 Å². The minimum Gasteiger partial charge on any atom is -0.198 e. The fourth-order valence-electron chi connectivity index (χ4n) is 0.646. The fraction of sp³-hybridized carbons (Fsp3) is 0.143. The fourth-order valence-corrected chi connectivity index (χ4v) is 0.646. The monoisotopic (exact) mass is 161 g/mol. The van der Waals surface area contributed by atoms with Gasteiger partial charge in [0, 0.05) is 12.1 Å². The smallest absolute Gasteiger partial charge is 0.198 e. The zero-order valence-corrected chi connectivity index (χ0v) is 5.60. The maximum absolute atomic E-state index is 11.9. The Balaban J connectivity index is 2.99. The van der Waals surface area contributed by atoms with Crippen molar-refractivity contribution in [1.29, 1.82) is 0 Å². The summed E-state index contributed by atoms with van der Waals surface area (Å²) in [6, 6.07) is 1.96. The highest BCUT2D eigenvalue weighted by molar-refractivity contribution is 5.11. The molecule has 0 amide bonds. The molecule has 0 aliphatic heterocycles. The molecule has 0 aliphatic carbocycles. The molecular formula is C7H6F3N+. The number of halogens is 3. The van der Waals surface area contributed by atoms with Gasteiger partial charge in [-0.1, -0.05) is 0 Å². The van der Waals surface area contributed by atoms with Crippen LogP contribution < -0.4 is 4.57 Å². The first-order valence-corrected chi connectivity index (χ1v) is 2.89. The minimum atomic E-state index is -4.26. The van der Waals surface area contributed by atoms with Crippen LogP contribution in [0.3, 0.4) is 0 Å². The van der Waals surface area contributed by atoms with Crippen LogP contribution in [0.4, 0.5) is 13.2 Å². The van der Waals surface area contributed by atoms with Gasteiger partial charge in [0.05, 0.1) is 5.56 Å². The van der Waals surface area contributed by atoms with E-state index in [1.54, 1.807) is 0 Å². The summed E-state index contributed by atoms with van der Waals surface area (Å²) in [5.74, 6) is 0. The van der Waals surface area contributed by atoms with E-state index < -0.39 is 11.7 Å². The predicted octanol–water partition coefficient (Wildman–Crippen LogP) is 1.63. The number of rotatable bonds is 0. The summed E-state index contributed by atoms with van der Waals surface area (Å²) >= 11 is 0. The highest BCUT2D eigenvalue weighted by atomic mass is 19.4. The largest absolute Gasteiger partial charge is 0.416 e. The van der Waals surface area contributed by atoms with Crippen LogP contribution in [-0.2, 0) is 6.18 Å². The van der Waals surface area contributed by atoms with E-state index in [-0.39, 0.29) is 0 Å². The van der Waals surface area contributed by atoms with Crippen molar-refractivity contribution in [3.8, 4) is 0 Å². The van der Waals surface area contributed by atoms with Crippen molar-refractivity contribution in [2.24, 2.45) is 0 Å². The van der Waals surface area contributed by atoms with Gasteiger partial charge in [0.1, 0.15) is 0 Å². The van der Waals surface area contributed by atoms with Gasteiger partial charge >= 0.3 is 6.18 Å². The zero-order valence-electron chi connectivity index (χ0n) is 5.60. The Hall–Kier alpha value is -1.06. The summed E-state index contributed by atoms with van der Waals surface area (Å²) < 4.78 is 37.0. The minimum absolute atomic E-state index is 0.655. The molecule has 0 spiro atoms. The molecule has 0 fully saturated rings. The van der Waals surface area contributed by atoms with Gasteiger partial charge in [-0.15, -0.1) is 0 Å². The van der Waals surface area contributed by atoms with Gasteiger partial charge in [0.15, 0.2) is 12.4 Å². The molecule has 0 unspecified atom stereocenters. The van der Waals surface area contributed by atoms with Crippen molar-refractivity contribution >= 4 is 0 Å². The van der Waals surface area contributed by atoms with Crippen LogP contribution in [0.1, 0.15) is 5.56 Å². The van der Waals surface area contributed by atoms with E-state index in [1.807, 2.05) is 0 Å². The molecule has 59 valence electrons. The molecule has 11 heavy (non-hydrogen) atoms. The number of aromatic nitrogens is 1. The number of hydrogen-bond acceptors (Lipinski definition) is 0. The SMILES string of the molecule is [CH2][n+]1ccc(C(F)(F)F)cc1. The first-order valence-electron chi connectivity index (χ1n) is 2.89. The van der Waals surface area contributed by atoms with Gasteiger partial charge in [0.2, 0.25) is 7.05 Å². The highest BCUT2D eigenvalue weighted by Gasteiger charge is 2.30. The Morgan fingerprint density at radius 1 is 1.18 bits per heavy atom. The van der Waals surface area contributed by atoms with Crippen LogP contribution in [0.5, 0.6) is 0 Å². The summed E-state index contributed by atoms with van der Waals surface area (Å²) in [4.78, 5) is 0. The number of nitrogens with zero attached hydrogens (tertiary/aromatic N) is 1. The summed E-state index contributed by atoms with van der Waals surface area (Å²) in [5, 5.41) is 0. The maximum atomic E-state index is 11.9. The number of hydrogen-bond donors (Lipinski definition) is 0. The Kier molecular flexibility index (Phi) is 1.85. The van der Waals surface area contributed by atoms with Crippen molar-refractivity contribution in [3.63, 3.8) is 0 Å². The lowest BCUT2D eigenvalue weighted by Gasteiger charge is -2.03. The molecule has 1 radical (unpaired) electrons. The van der Waals surface area contributed by atoms with E-state index in [1.165, 1.54) is 17.0 Å². The summed E-state index contributed by atoms with van der Waals surface area (Å²) in [5.41, 5.74) is -0.655. The molecule has 0 saturated heterocycles. The van der Waals surface area contributed by atoms with Crippen molar-refractivity contribution in [3.05, 3.63) is 37.1 Å². The topological polar surface area (TPSA) is 3.88 Å². The number of alkyl halides is 3. The van der Waals surface area contributed by atoms with Crippen LogP contribution in [0.2, 0.25) is 0 Å². The Labute approximate surface area is 62.1 Å². The second-order valence-corrected chi connectivity index (χ2v) is 2.10. The van der Waals surface area contributed by atoms with Crippen LogP contribution in [-0.4, -0.2) is 0 Å². The first-order chi connectivity index (χ1) is 5.00. The molecule has 1 aromatic rings. The zero-order chi connectivity index (χ0) is 8.48. The van der Waals surface area contributed by atoms with Gasteiger partial charge in [-0.25, -0.2) is 0 Å². The second kappa shape index (κ2) is 2.53. The molecule has 1 nitrogen and oxygen atoms in total. The third-order valence-electron chi connectivity index (χ3n) is 1.22. The van der Waals surface area contributed by atoms with Crippen LogP contribution in [0, 0.1) is 7.05 Å². The normalized spacial score (nSPS) is 11.6. The van der Waals surface area contributed by atoms with Crippen molar-refractivity contribution in [2.75, 3.05) is 0 Å². The van der Waals surface area contributed by atoms with Crippen LogP contribution in [0.15, 0.2) is 24.5 Å². The van der Waals surface area contributed by atoms with Crippen LogP contribution in [0.25, 0.3) is 0 Å². The molecule has 0 aromatic carbocycles. The molecule has 1 aromatic heterocycles. The summed E-state index contributed by atoms with van der Waals surface area (Å²) in [7, 11) is 3.39. The van der Waals surface area contributed by atoms with E-state index in [9.17, 15) is 13.2 Å². The second-order valence-electron chi connectivity index (χ2n) is 2.10. The average Bonchev–Trinajstić information content (AvgIpc) is 1.86. The van der Waals surface area contributed by atoms with E-state index in [4.69, 9.17) is 0 Å². The summed E-state index contributed by atoms with van der Waals surface area (Å²) in [6.45, 7) is 0. The Bertz CT molecular complexity index is 237. The quantitative estimate of drug-likeness (QED) is 0.509. The average molecular weight is 161 g/mol. The van der Waals surface area contributed by atoms with Gasteiger partial charge in [-0.2, -0.15) is 17.7 Å². The van der Waals surface area contributed by atoms with Crippen molar-refractivity contribution in [1.82, 2.24) is 0 Å². The van der Waals surface area contributed by atoms with Gasteiger partial charge in [0.25, 0.3) is 0 Å². The molecule has 0 bridgehead atoms. The first kappa shape index (κ1) is 8.04.